The van der Waals surface area contributed by atoms with Gasteiger partial charge in [0.05, 0.1) is 6.67 Å². The van der Waals surface area contributed by atoms with Crippen LogP contribution in [0.5, 0.6) is 0 Å². The van der Waals surface area contributed by atoms with E-state index in [0.29, 0.717) is 19.6 Å². The van der Waals surface area contributed by atoms with E-state index in [-0.39, 0.29) is 11.2 Å². The van der Waals surface area contributed by atoms with Crippen molar-refractivity contribution < 1.29 is 9.59 Å². The molecule has 0 radical (unpaired) electrons. The van der Waals surface area contributed by atoms with Gasteiger partial charge in [-0.1, -0.05) is 13.8 Å². The predicted octanol–water partition coefficient (Wildman–Crippen LogP) is -0.105. The highest BCUT2D eigenvalue weighted by molar-refractivity contribution is 5.81. The van der Waals surface area contributed by atoms with Crippen LogP contribution in [0, 0.1) is 5.41 Å². The van der Waals surface area contributed by atoms with E-state index in [4.69, 9.17) is 0 Å². The van der Waals surface area contributed by atoms with Crippen molar-refractivity contribution in [1.29, 1.82) is 0 Å². The van der Waals surface area contributed by atoms with Crippen LogP contribution >= 0.6 is 0 Å². The second kappa shape index (κ2) is 4.87. The SMILES string of the molecule is CC(=O)C(C)(C)CNCNC=O. The van der Waals surface area contributed by atoms with E-state index < -0.39 is 0 Å². The van der Waals surface area contributed by atoms with E-state index >= 15 is 0 Å². The highest BCUT2D eigenvalue weighted by Crippen LogP contribution is 2.13. The molecule has 0 heterocycles. The molecule has 0 aliphatic heterocycles. The molecule has 0 aromatic heterocycles. The maximum Gasteiger partial charge on any atom is 0.208 e. The molecule has 0 bridgehead atoms. The lowest BCUT2D eigenvalue weighted by molar-refractivity contribution is -0.124. The number of carbonyl (C=O) groups excluding carboxylic acids is 2. The quantitative estimate of drug-likeness (QED) is 0.334. The first-order valence-electron chi connectivity index (χ1n) is 3.89. The minimum absolute atomic E-state index is 0.140. The van der Waals surface area contributed by atoms with E-state index in [2.05, 4.69) is 10.6 Å². The molecule has 4 heteroatoms. The molecule has 2 N–H and O–H groups in total. The third-order valence-corrected chi connectivity index (χ3v) is 1.83. The van der Waals surface area contributed by atoms with Crippen LogP contribution in [0.4, 0.5) is 0 Å². The average Bonchev–Trinajstić information content (AvgIpc) is 1.98. The molecule has 12 heavy (non-hydrogen) atoms. The number of hydrogen-bond donors (Lipinski definition) is 2. The van der Waals surface area contributed by atoms with Crippen molar-refractivity contribution in [3.8, 4) is 0 Å². The molecule has 1 amide bonds. The van der Waals surface area contributed by atoms with Crippen molar-refractivity contribution in [2.24, 2.45) is 5.41 Å². The zero-order valence-corrected chi connectivity index (χ0v) is 7.81. The Morgan fingerprint density at radius 3 is 2.50 bits per heavy atom. The highest BCUT2D eigenvalue weighted by atomic mass is 16.1. The summed E-state index contributed by atoms with van der Waals surface area (Å²) in [6.45, 7) is 6.27. The third kappa shape index (κ3) is 4.08. The van der Waals surface area contributed by atoms with E-state index in [1.165, 1.54) is 0 Å². The van der Waals surface area contributed by atoms with Gasteiger partial charge in [0.2, 0.25) is 6.41 Å². The summed E-state index contributed by atoms with van der Waals surface area (Å²) in [5, 5.41) is 5.40. The maximum absolute atomic E-state index is 11.0. The fourth-order valence-electron chi connectivity index (χ4n) is 0.613. The molecule has 0 saturated carbocycles. The van der Waals surface area contributed by atoms with Crippen LogP contribution in [0.1, 0.15) is 20.8 Å². The molecule has 0 saturated heterocycles. The summed E-state index contributed by atoms with van der Waals surface area (Å²) in [6, 6.07) is 0. The van der Waals surface area contributed by atoms with Gasteiger partial charge in [-0.15, -0.1) is 0 Å². The smallest absolute Gasteiger partial charge is 0.208 e. The Morgan fingerprint density at radius 2 is 2.08 bits per heavy atom. The van der Waals surface area contributed by atoms with Gasteiger partial charge in [-0.2, -0.15) is 0 Å². The first-order chi connectivity index (χ1) is 5.50. The van der Waals surface area contributed by atoms with Crippen molar-refractivity contribution in [3.63, 3.8) is 0 Å². The standard InChI is InChI=1S/C8H16N2O2/c1-7(12)8(2,3)4-9-5-10-6-11/h6,9H,4-5H2,1-3H3,(H,10,11). The zero-order valence-electron chi connectivity index (χ0n) is 7.81. The molecule has 0 unspecified atom stereocenters. The summed E-state index contributed by atoms with van der Waals surface area (Å²) in [5.41, 5.74) is -0.357. The molecule has 0 rings (SSSR count). The summed E-state index contributed by atoms with van der Waals surface area (Å²) >= 11 is 0. The number of hydrogen-bond acceptors (Lipinski definition) is 3. The lowest BCUT2D eigenvalue weighted by Gasteiger charge is -2.21. The number of ketones is 1. The van der Waals surface area contributed by atoms with Gasteiger partial charge in [-0.3, -0.25) is 14.9 Å². The van der Waals surface area contributed by atoms with Crippen LogP contribution in [-0.4, -0.2) is 25.4 Å². The van der Waals surface area contributed by atoms with Crippen molar-refractivity contribution in [3.05, 3.63) is 0 Å². The van der Waals surface area contributed by atoms with Crippen molar-refractivity contribution in [2.75, 3.05) is 13.2 Å². The molecule has 0 aliphatic carbocycles. The summed E-state index contributed by atoms with van der Waals surface area (Å²) in [7, 11) is 0. The fourth-order valence-corrected chi connectivity index (χ4v) is 0.613. The van der Waals surface area contributed by atoms with Crippen LogP contribution in [0.15, 0.2) is 0 Å². The summed E-state index contributed by atoms with van der Waals surface area (Å²) in [4.78, 5) is 20.8. The molecule has 0 spiro atoms. The van der Waals surface area contributed by atoms with Crippen LogP contribution in [-0.2, 0) is 9.59 Å². The number of Topliss-reactive ketones (excluding diaryl/α,β-unsaturated/α-hetero) is 1. The molecule has 0 atom stereocenters. The predicted molar refractivity (Wildman–Crippen MR) is 46.5 cm³/mol. The summed E-state index contributed by atoms with van der Waals surface area (Å²) < 4.78 is 0. The Hall–Kier alpha value is -0.900. The largest absolute Gasteiger partial charge is 0.346 e. The molecule has 0 fully saturated rings. The molecule has 70 valence electrons. The zero-order chi connectivity index (χ0) is 9.61. The first kappa shape index (κ1) is 11.1. The van der Waals surface area contributed by atoms with Crippen molar-refractivity contribution >= 4 is 12.2 Å². The normalized spacial score (nSPS) is 10.9. The van der Waals surface area contributed by atoms with E-state index in [1.807, 2.05) is 13.8 Å². The van der Waals surface area contributed by atoms with Gasteiger partial charge in [0, 0.05) is 12.0 Å². The molecule has 4 nitrogen and oxygen atoms in total. The molecule has 0 aromatic rings. The Balaban J connectivity index is 3.61. The van der Waals surface area contributed by atoms with Gasteiger partial charge in [-0.25, -0.2) is 0 Å². The molecular formula is C8H16N2O2. The first-order valence-corrected chi connectivity index (χ1v) is 3.89. The highest BCUT2D eigenvalue weighted by Gasteiger charge is 2.22. The summed E-state index contributed by atoms with van der Waals surface area (Å²) in [6.07, 6.45) is 0.619. The van der Waals surface area contributed by atoms with E-state index in [9.17, 15) is 9.59 Å². The Bertz CT molecular complexity index is 166. The minimum Gasteiger partial charge on any atom is -0.346 e. The number of amides is 1. The number of carbonyl (C=O) groups is 2. The van der Waals surface area contributed by atoms with Crippen molar-refractivity contribution in [1.82, 2.24) is 10.6 Å². The van der Waals surface area contributed by atoms with Crippen LogP contribution in [0.25, 0.3) is 0 Å². The maximum atomic E-state index is 11.0. The van der Waals surface area contributed by atoms with Crippen LogP contribution in [0.2, 0.25) is 0 Å². The Morgan fingerprint density at radius 1 is 1.50 bits per heavy atom. The number of nitrogens with one attached hydrogen (secondary N) is 2. The lowest BCUT2D eigenvalue weighted by atomic mass is 9.89. The molecule has 0 aliphatic rings. The minimum atomic E-state index is -0.357. The van der Waals surface area contributed by atoms with Gasteiger partial charge in [0.1, 0.15) is 5.78 Å². The van der Waals surface area contributed by atoms with Gasteiger partial charge in [0.25, 0.3) is 0 Å². The fraction of sp³-hybridized carbons (Fsp3) is 0.750. The monoisotopic (exact) mass is 172 g/mol. The van der Waals surface area contributed by atoms with Gasteiger partial charge in [0.15, 0.2) is 0 Å². The van der Waals surface area contributed by atoms with Crippen LogP contribution < -0.4 is 10.6 Å². The van der Waals surface area contributed by atoms with Crippen molar-refractivity contribution in [2.45, 2.75) is 20.8 Å². The van der Waals surface area contributed by atoms with Gasteiger partial charge in [-0.05, 0) is 6.92 Å². The average molecular weight is 172 g/mol. The number of rotatable bonds is 6. The molecular weight excluding hydrogens is 156 g/mol. The van der Waals surface area contributed by atoms with Gasteiger partial charge >= 0.3 is 0 Å². The molecule has 0 aromatic carbocycles. The Labute approximate surface area is 72.7 Å². The Kier molecular flexibility index (Phi) is 4.51. The van der Waals surface area contributed by atoms with Gasteiger partial charge < -0.3 is 5.32 Å². The summed E-state index contributed by atoms with van der Waals surface area (Å²) in [5.74, 6) is 0.140. The second-order valence-electron chi connectivity index (χ2n) is 3.37. The van der Waals surface area contributed by atoms with Crippen LogP contribution in [0.3, 0.4) is 0 Å². The van der Waals surface area contributed by atoms with E-state index in [0.717, 1.165) is 0 Å². The third-order valence-electron chi connectivity index (χ3n) is 1.83. The topological polar surface area (TPSA) is 58.2 Å². The lowest BCUT2D eigenvalue weighted by Crippen LogP contribution is -2.38. The second-order valence-corrected chi connectivity index (χ2v) is 3.37. The van der Waals surface area contributed by atoms with E-state index in [1.54, 1.807) is 6.92 Å².